The third kappa shape index (κ3) is 5.39. The first-order valence-corrected chi connectivity index (χ1v) is 52.8. The van der Waals surface area contributed by atoms with E-state index in [1.54, 1.807) is 0 Å². The van der Waals surface area contributed by atoms with Crippen molar-refractivity contribution in [2.75, 3.05) is 0 Å². The molecule has 0 fully saturated rings. The van der Waals surface area contributed by atoms with E-state index in [4.69, 9.17) is 41.2 Å². The van der Waals surface area contributed by atoms with Crippen molar-refractivity contribution >= 4 is 62.6 Å². The van der Waals surface area contributed by atoms with Gasteiger partial charge >= 0.3 is 195 Å². The average molecular weight is 1300 g/mol. The van der Waals surface area contributed by atoms with E-state index in [-0.39, 0.29) is 0 Å². The molecule has 0 atom stereocenters. The van der Waals surface area contributed by atoms with Gasteiger partial charge in [-0.1, -0.05) is 0 Å². The van der Waals surface area contributed by atoms with Gasteiger partial charge in [0.05, 0.1) is 0 Å². The van der Waals surface area contributed by atoms with Crippen LogP contribution in [0, 0.1) is 0 Å². The second kappa shape index (κ2) is 11.4. The van der Waals surface area contributed by atoms with E-state index in [0.717, 1.165) is 12.3 Å². The van der Waals surface area contributed by atoms with Crippen LogP contribution in [0.3, 0.4) is 0 Å². The first-order chi connectivity index (χ1) is 9.06. The van der Waals surface area contributed by atoms with Crippen molar-refractivity contribution in [2.24, 2.45) is 0 Å². The van der Waals surface area contributed by atoms with Crippen LogP contribution in [-0.4, -0.2) is 5.97 Å². The van der Waals surface area contributed by atoms with Crippen molar-refractivity contribution in [3.05, 3.63) is 5.56 Å². The van der Waals surface area contributed by atoms with E-state index in [9.17, 15) is 9.90 Å². The summed E-state index contributed by atoms with van der Waals surface area (Å²) in [4.78, 5) is 11.5. The summed E-state index contributed by atoms with van der Waals surface area (Å²) in [6, 6.07) is 0. The minimum atomic E-state index is -1.92. The topological polar surface area (TPSA) is 40.1 Å². The van der Waals surface area contributed by atoms with Crippen LogP contribution in [-0.2, 0) is 117 Å². The number of aromatic carboxylic acids is 1. The van der Waals surface area contributed by atoms with Crippen LogP contribution in [0.4, 0.5) is 0 Å². The van der Waals surface area contributed by atoms with Gasteiger partial charge in [0, 0.05) is 0 Å². The van der Waals surface area contributed by atoms with Gasteiger partial charge in [-0.25, -0.2) is 0 Å². The molecule has 0 saturated carbocycles. The Morgan fingerprint density at radius 1 is 0.684 bits per heavy atom. The van der Waals surface area contributed by atoms with Crippen molar-refractivity contribution in [2.45, 2.75) is 0 Å². The van der Waals surface area contributed by atoms with Crippen molar-refractivity contribution in [1.29, 1.82) is 0 Å². The van der Waals surface area contributed by atoms with E-state index < -0.39 is 123 Å². The molecule has 0 aliphatic rings. The molecule has 0 radical (unpaired) electrons. The fraction of sp³-hybridized carbons (Fsp3) is 0. The Labute approximate surface area is 189 Å². The van der Waals surface area contributed by atoms with Crippen LogP contribution in [0.2, 0.25) is 0 Å². The molecule has 0 heterocycles. The summed E-state index contributed by atoms with van der Waals surface area (Å²) in [5, 5.41) is 11.5. The fourth-order valence-electron chi connectivity index (χ4n) is 2.06. The van der Waals surface area contributed by atoms with Gasteiger partial charge in [-0.15, -0.1) is 0 Å². The summed E-state index contributed by atoms with van der Waals surface area (Å²) in [7, 11) is 31.1. The molecule has 0 bridgehead atoms. The number of benzene rings is 1. The van der Waals surface area contributed by atoms with E-state index in [1.807, 2.05) is 0 Å². The molecule has 1 aromatic carbocycles. The number of rotatable bonds is 6. The zero-order valence-electron chi connectivity index (χ0n) is 9.74. The summed E-state index contributed by atoms with van der Waals surface area (Å²) in [5.74, 6) is -1.14. The standard InChI is InChI=1S/C7HO2.5ClH.5Hg/c8-7(9)6-4-2-1-3-5-6;;;;;;;;;;/h(H,8,9);5*1H;;;;;/q;;;;;;5*+1/p-6. The molecule has 0 N–H and O–H groups in total. The zero-order chi connectivity index (χ0) is 14.6. The molecule has 1 aromatic rings. The Bertz CT molecular complexity index is 466. The molecule has 0 saturated heterocycles. The Morgan fingerprint density at radius 2 is 0.947 bits per heavy atom. The van der Waals surface area contributed by atoms with Gasteiger partial charge in [-0.2, -0.15) is 0 Å². The summed E-state index contributed by atoms with van der Waals surface area (Å²) in [5.41, 5.74) is 0.321. The van der Waals surface area contributed by atoms with E-state index in [1.165, 1.54) is 3.07 Å². The second-order valence-electron chi connectivity index (χ2n) is 3.72. The number of carbonyl (C=O) groups excluding carboxylic acids is 1. The third-order valence-electron chi connectivity index (χ3n) is 2.93. The molecule has 0 amide bonds. The van der Waals surface area contributed by atoms with Crippen LogP contribution < -0.4 is 20.5 Å². The summed E-state index contributed by atoms with van der Waals surface area (Å²) in [6.45, 7) is 0. The van der Waals surface area contributed by atoms with Crippen molar-refractivity contribution in [1.82, 2.24) is 0 Å². The van der Waals surface area contributed by atoms with E-state index in [2.05, 4.69) is 0 Å². The maximum absolute atomic E-state index is 11.5. The molecular formula is C7Cl5Hg5O2-. The van der Waals surface area contributed by atoms with Gasteiger partial charge in [0.1, 0.15) is 0 Å². The molecule has 0 aliphatic heterocycles. The quantitative estimate of drug-likeness (QED) is 0.357. The van der Waals surface area contributed by atoms with E-state index in [0.29, 0.717) is 5.56 Å². The minimum absolute atomic E-state index is 0.321. The first kappa shape index (κ1) is 21.9. The van der Waals surface area contributed by atoms with Gasteiger partial charge in [-0.05, 0) is 0 Å². The van der Waals surface area contributed by atoms with Gasteiger partial charge in [-0.3, -0.25) is 0 Å². The molecular weight excluding hydrogens is 1300 g/mol. The zero-order valence-corrected chi connectivity index (χ0v) is 41.0. The van der Waals surface area contributed by atoms with Crippen LogP contribution in [0.15, 0.2) is 0 Å². The number of carbonyl (C=O) groups is 1. The Balaban J connectivity index is 3.85. The van der Waals surface area contributed by atoms with Crippen LogP contribution in [0.1, 0.15) is 10.4 Å². The predicted molar refractivity (Wildman–Crippen MR) is 58.2 cm³/mol. The van der Waals surface area contributed by atoms with Gasteiger partial charge in [0.2, 0.25) is 0 Å². The summed E-state index contributed by atoms with van der Waals surface area (Å²) >= 11 is -9.10. The maximum atomic E-state index is 11.5. The van der Waals surface area contributed by atoms with Crippen molar-refractivity contribution < 1.29 is 127 Å². The molecule has 2 nitrogen and oxygen atoms in total. The SMILES string of the molecule is O=C([O-])c1[c]([Hg][Cl])[c]([Hg][Cl])[c]([Hg][Cl])[c]([Hg][Cl])[c]1[Hg][Cl]. The molecule has 0 aromatic heterocycles. The summed E-state index contributed by atoms with van der Waals surface area (Å²) in [6.07, 6.45) is 0. The van der Waals surface area contributed by atoms with E-state index >= 15 is 0 Å². The number of hydrogen-bond donors (Lipinski definition) is 0. The third-order valence-corrected chi connectivity index (χ3v) is 66.1. The average Bonchev–Trinajstić information content (AvgIpc) is 2.43. The monoisotopic (exact) mass is 1300 g/mol. The fourth-order valence-corrected chi connectivity index (χ4v) is 123. The molecule has 86 valence electrons. The Hall–Kier alpha value is 4.82. The first-order valence-electron chi connectivity index (χ1n) is 5.26. The molecule has 19 heavy (non-hydrogen) atoms. The molecule has 1 rings (SSSR count). The number of carboxylic acids is 1. The number of halogens is 5. The Kier molecular flexibility index (Phi) is 13.2. The van der Waals surface area contributed by atoms with Crippen molar-refractivity contribution in [3.8, 4) is 0 Å². The van der Waals surface area contributed by atoms with Crippen LogP contribution in [0.25, 0.3) is 0 Å². The normalized spacial score (nSPS) is 8.68. The number of carboxylic acid groups (broad SMARTS) is 1. The molecule has 0 aliphatic carbocycles. The van der Waals surface area contributed by atoms with Gasteiger partial charge in [0.15, 0.2) is 0 Å². The van der Waals surface area contributed by atoms with Crippen LogP contribution in [0.5, 0.6) is 0 Å². The second-order valence-corrected chi connectivity index (χ2v) is 34.4. The molecule has 0 spiro atoms. The Morgan fingerprint density at radius 3 is 1.16 bits per heavy atom. The van der Waals surface area contributed by atoms with Crippen molar-refractivity contribution in [3.63, 3.8) is 0 Å². The molecule has 0 unspecified atom stereocenters. The molecule has 12 heteroatoms. The number of hydrogen-bond acceptors (Lipinski definition) is 2. The predicted octanol–water partition coefficient (Wildman–Crippen LogP) is -0.642. The summed E-state index contributed by atoms with van der Waals surface area (Å²) < 4.78 is 5.17. The van der Waals surface area contributed by atoms with Gasteiger partial charge < -0.3 is 0 Å². The van der Waals surface area contributed by atoms with Crippen LogP contribution >= 0.6 is 41.2 Å². The van der Waals surface area contributed by atoms with Gasteiger partial charge in [0.25, 0.3) is 0 Å².